The maximum absolute atomic E-state index is 11.6. The Morgan fingerprint density at radius 3 is 2.89 bits per heavy atom. The number of nitrogens with one attached hydrogen (secondary N) is 1. The lowest BCUT2D eigenvalue weighted by atomic mass is 9.96. The zero-order valence-electron chi connectivity index (χ0n) is 11.7. The first-order valence-corrected chi connectivity index (χ1v) is 8.81. The highest BCUT2D eigenvalue weighted by molar-refractivity contribution is 7.91. The molecule has 1 N–H and O–H groups in total. The third-order valence-corrected chi connectivity index (χ3v) is 5.64. The molecule has 5 nitrogen and oxygen atoms in total. The molecule has 108 valence electrons. The van der Waals surface area contributed by atoms with Crippen molar-refractivity contribution in [2.24, 2.45) is 5.92 Å². The Morgan fingerprint density at radius 2 is 2.32 bits per heavy atom. The molecule has 1 saturated heterocycles. The van der Waals surface area contributed by atoms with E-state index in [1.165, 1.54) is 0 Å². The summed E-state index contributed by atoms with van der Waals surface area (Å²) in [5, 5.41) is 3.43. The number of likely N-dealkylation sites (N-methyl/N-ethyl adjacent to an activating group) is 1. The van der Waals surface area contributed by atoms with Crippen LogP contribution in [0.3, 0.4) is 0 Å². The summed E-state index contributed by atoms with van der Waals surface area (Å²) >= 11 is 0. The van der Waals surface area contributed by atoms with Crippen molar-refractivity contribution in [1.82, 2.24) is 14.9 Å². The van der Waals surface area contributed by atoms with Crippen LogP contribution < -0.4 is 5.32 Å². The Balaban J connectivity index is 2.08. The molecule has 6 heteroatoms. The molecule has 2 unspecified atom stereocenters. The number of aromatic nitrogens is 2. The van der Waals surface area contributed by atoms with E-state index in [-0.39, 0.29) is 12.0 Å². The molecule has 0 spiro atoms. The summed E-state index contributed by atoms with van der Waals surface area (Å²) in [5.74, 6) is 1.91. The quantitative estimate of drug-likeness (QED) is 0.842. The zero-order valence-corrected chi connectivity index (χ0v) is 12.5. The number of sulfone groups is 1. The molecule has 2 heterocycles. The summed E-state index contributed by atoms with van der Waals surface area (Å²) in [7, 11) is -2.82. The normalized spacial score (nSPS) is 23.6. The van der Waals surface area contributed by atoms with Gasteiger partial charge in [0.2, 0.25) is 0 Å². The van der Waals surface area contributed by atoms with E-state index >= 15 is 0 Å². The van der Waals surface area contributed by atoms with Crippen molar-refractivity contribution < 1.29 is 8.42 Å². The minimum atomic E-state index is -2.82. The molecule has 1 aliphatic rings. The topological polar surface area (TPSA) is 64.0 Å². The summed E-state index contributed by atoms with van der Waals surface area (Å²) in [6.07, 6.45) is 5.36. The van der Waals surface area contributed by atoms with E-state index in [1.54, 1.807) is 0 Å². The molecule has 2 rings (SSSR count). The maximum atomic E-state index is 11.6. The van der Waals surface area contributed by atoms with Crippen molar-refractivity contribution in [2.75, 3.05) is 18.1 Å². The van der Waals surface area contributed by atoms with E-state index in [1.807, 2.05) is 12.4 Å². The van der Waals surface area contributed by atoms with E-state index in [0.29, 0.717) is 11.5 Å². The minimum absolute atomic E-state index is 0.204. The van der Waals surface area contributed by atoms with E-state index in [0.717, 1.165) is 31.8 Å². The van der Waals surface area contributed by atoms with Crippen molar-refractivity contribution >= 4 is 9.84 Å². The van der Waals surface area contributed by atoms with E-state index in [9.17, 15) is 8.42 Å². The van der Waals surface area contributed by atoms with Crippen LogP contribution in [0.1, 0.15) is 26.1 Å². The van der Waals surface area contributed by atoms with Crippen molar-refractivity contribution in [3.63, 3.8) is 0 Å². The van der Waals surface area contributed by atoms with Gasteiger partial charge in [-0.1, -0.05) is 6.92 Å². The molecule has 19 heavy (non-hydrogen) atoms. The van der Waals surface area contributed by atoms with Gasteiger partial charge in [0.05, 0.1) is 11.5 Å². The number of imidazole rings is 1. The molecule has 0 aliphatic carbocycles. The first-order chi connectivity index (χ1) is 9.05. The molecule has 0 bridgehead atoms. The van der Waals surface area contributed by atoms with Gasteiger partial charge >= 0.3 is 0 Å². The summed E-state index contributed by atoms with van der Waals surface area (Å²) in [5.41, 5.74) is 0. The van der Waals surface area contributed by atoms with Crippen molar-refractivity contribution in [3.05, 3.63) is 18.2 Å². The average molecular weight is 285 g/mol. The molecule has 1 fully saturated rings. The molecule has 0 saturated carbocycles. The Kier molecular flexibility index (Phi) is 4.62. The van der Waals surface area contributed by atoms with Gasteiger partial charge in [-0.3, -0.25) is 0 Å². The first kappa shape index (κ1) is 14.5. The monoisotopic (exact) mass is 285 g/mol. The summed E-state index contributed by atoms with van der Waals surface area (Å²) in [6.45, 7) is 5.90. The van der Waals surface area contributed by atoms with Gasteiger partial charge in [0.1, 0.15) is 5.82 Å². The van der Waals surface area contributed by atoms with E-state index in [2.05, 4.69) is 28.7 Å². The molecule has 0 aromatic carbocycles. The van der Waals surface area contributed by atoms with Gasteiger partial charge in [-0.05, 0) is 25.8 Å². The maximum Gasteiger partial charge on any atom is 0.150 e. The molecule has 0 radical (unpaired) electrons. The lowest BCUT2D eigenvalue weighted by Crippen LogP contribution is -2.39. The van der Waals surface area contributed by atoms with Crippen LogP contribution in [0.25, 0.3) is 0 Å². The largest absolute Gasteiger partial charge is 0.335 e. The van der Waals surface area contributed by atoms with Crippen LogP contribution in [0.15, 0.2) is 12.4 Å². The van der Waals surface area contributed by atoms with Crippen LogP contribution in [-0.4, -0.2) is 42.1 Å². The van der Waals surface area contributed by atoms with Crippen LogP contribution in [-0.2, 0) is 22.8 Å². The SMILES string of the molecule is CCNC(Cc1nccn1CC)C1CCS(=O)(=O)C1. The van der Waals surface area contributed by atoms with Gasteiger partial charge in [0.15, 0.2) is 9.84 Å². The fourth-order valence-corrected chi connectivity index (χ4v) is 4.70. The summed E-state index contributed by atoms with van der Waals surface area (Å²) < 4.78 is 25.4. The zero-order chi connectivity index (χ0) is 13.9. The molecule has 1 aliphatic heterocycles. The lowest BCUT2D eigenvalue weighted by molar-refractivity contribution is 0.376. The van der Waals surface area contributed by atoms with Crippen LogP contribution in [0.2, 0.25) is 0 Å². The number of hydrogen-bond acceptors (Lipinski definition) is 4. The van der Waals surface area contributed by atoms with Crippen LogP contribution in [0.4, 0.5) is 0 Å². The fraction of sp³-hybridized carbons (Fsp3) is 0.769. The van der Waals surface area contributed by atoms with Gasteiger partial charge in [-0.15, -0.1) is 0 Å². The highest BCUT2D eigenvalue weighted by Gasteiger charge is 2.33. The number of hydrogen-bond donors (Lipinski definition) is 1. The van der Waals surface area contributed by atoms with E-state index < -0.39 is 9.84 Å². The first-order valence-electron chi connectivity index (χ1n) is 6.99. The van der Waals surface area contributed by atoms with E-state index in [4.69, 9.17) is 0 Å². The third kappa shape index (κ3) is 3.57. The Bertz CT molecular complexity index is 510. The average Bonchev–Trinajstić information content (AvgIpc) is 2.94. The summed E-state index contributed by atoms with van der Waals surface area (Å²) in [6, 6.07) is 0.204. The Morgan fingerprint density at radius 1 is 1.53 bits per heavy atom. The second-order valence-electron chi connectivity index (χ2n) is 5.16. The smallest absolute Gasteiger partial charge is 0.150 e. The lowest BCUT2D eigenvalue weighted by Gasteiger charge is -2.23. The number of rotatable bonds is 6. The third-order valence-electron chi connectivity index (χ3n) is 3.85. The second-order valence-corrected chi connectivity index (χ2v) is 7.39. The molecule has 1 aromatic heterocycles. The molecule has 2 atom stereocenters. The highest BCUT2D eigenvalue weighted by atomic mass is 32.2. The number of aryl methyl sites for hydroxylation is 1. The Labute approximate surface area is 115 Å². The van der Waals surface area contributed by atoms with Crippen LogP contribution in [0, 0.1) is 5.92 Å². The van der Waals surface area contributed by atoms with Gasteiger partial charge in [-0.2, -0.15) is 0 Å². The Hall–Kier alpha value is -0.880. The molecule has 1 aromatic rings. The second kappa shape index (κ2) is 6.05. The van der Waals surface area contributed by atoms with Gasteiger partial charge in [0.25, 0.3) is 0 Å². The van der Waals surface area contributed by atoms with Crippen molar-refractivity contribution in [3.8, 4) is 0 Å². The highest BCUT2D eigenvalue weighted by Crippen LogP contribution is 2.23. The van der Waals surface area contributed by atoms with Gasteiger partial charge in [0, 0.05) is 31.4 Å². The summed E-state index contributed by atoms with van der Waals surface area (Å²) in [4.78, 5) is 4.39. The number of nitrogens with zero attached hydrogens (tertiary/aromatic N) is 2. The molecular weight excluding hydrogens is 262 g/mol. The minimum Gasteiger partial charge on any atom is -0.335 e. The van der Waals surface area contributed by atoms with Gasteiger partial charge < -0.3 is 9.88 Å². The predicted octanol–water partition coefficient (Wildman–Crippen LogP) is 0.858. The standard InChI is InChI=1S/C13H23N3O2S/c1-3-14-12(11-5-8-19(17,18)10-11)9-13-15-6-7-16(13)4-2/h6-7,11-12,14H,3-5,8-10H2,1-2H3. The molecular formula is C13H23N3O2S. The van der Waals surface area contributed by atoms with Crippen LogP contribution in [0.5, 0.6) is 0 Å². The molecule has 0 amide bonds. The van der Waals surface area contributed by atoms with Crippen molar-refractivity contribution in [1.29, 1.82) is 0 Å². The van der Waals surface area contributed by atoms with Gasteiger partial charge in [-0.25, -0.2) is 13.4 Å². The van der Waals surface area contributed by atoms with Crippen LogP contribution >= 0.6 is 0 Å². The predicted molar refractivity (Wildman–Crippen MR) is 75.8 cm³/mol. The van der Waals surface area contributed by atoms with Crippen molar-refractivity contribution in [2.45, 2.75) is 39.3 Å². The fourth-order valence-electron chi connectivity index (χ4n) is 2.82.